The maximum absolute atomic E-state index is 5.90. The normalized spacial score (nSPS) is 16.2. The van der Waals surface area contributed by atoms with E-state index in [-0.39, 0.29) is 6.10 Å². The van der Waals surface area contributed by atoms with Gasteiger partial charge in [-0.3, -0.25) is 0 Å². The fraction of sp³-hybridized carbons (Fsp3) is 0.500. The molecule has 0 amide bonds. The van der Waals surface area contributed by atoms with E-state index in [0.717, 1.165) is 42.9 Å². The van der Waals surface area contributed by atoms with Crippen LogP contribution in [0.1, 0.15) is 32.4 Å². The summed E-state index contributed by atoms with van der Waals surface area (Å²) in [5, 5.41) is 9.40. The summed E-state index contributed by atoms with van der Waals surface area (Å²) in [6, 6.07) is 9.01. The zero-order valence-corrected chi connectivity index (χ0v) is 13.6. The first-order chi connectivity index (χ1) is 10.6. The summed E-state index contributed by atoms with van der Waals surface area (Å²) >= 11 is 0. The molecule has 1 aromatic heterocycles. The Morgan fingerprint density at radius 3 is 2.73 bits per heavy atom. The average Bonchev–Trinajstić information content (AvgIpc) is 2.48. The molecule has 0 atom stereocenters. The van der Waals surface area contributed by atoms with E-state index in [2.05, 4.69) is 39.9 Å². The van der Waals surface area contributed by atoms with Crippen LogP contribution in [0.3, 0.4) is 0 Å². The van der Waals surface area contributed by atoms with Gasteiger partial charge in [0.1, 0.15) is 0 Å². The standard InChI is InChI=1S/C18H25N3O/c1-12(2)22-18-15-5-4-6-17(16(15)11-13(3)20-18)21-14-7-9-19-10-8-14/h4-6,11-12,14,19,21H,7-10H2,1-3H3. The monoisotopic (exact) mass is 299 g/mol. The molecule has 22 heavy (non-hydrogen) atoms. The molecule has 0 unspecified atom stereocenters. The van der Waals surface area contributed by atoms with Crippen molar-refractivity contribution >= 4 is 16.5 Å². The molecule has 0 bridgehead atoms. The van der Waals surface area contributed by atoms with Crippen molar-refractivity contribution in [3.63, 3.8) is 0 Å². The van der Waals surface area contributed by atoms with E-state index in [1.807, 2.05) is 20.8 Å². The summed E-state index contributed by atoms with van der Waals surface area (Å²) in [6.07, 6.45) is 2.45. The van der Waals surface area contributed by atoms with Gasteiger partial charge in [0.15, 0.2) is 0 Å². The van der Waals surface area contributed by atoms with Gasteiger partial charge in [-0.1, -0.05) is 6.07 Å². The van der Waals surface area contributed by atoms with Crippen LogP contribution in [-0.2, 0) is 0 Å². The fourth-order valence-electron chi connectivity index (χ4n) is 2.99. The number of piperidine rings is 1. The zero-order chi connectivity index (χ0) is 15.5. The first kappa shape index (κ1) is 15.1. The molecule has 0 saturated carbocycles. The molecule has 0 radical (unpaired) electrons. The van der Waals surface area contributed by atoms with Crippen molar-refractivity contribution in [2.75, 3.05) is 18.4 Å². The first-order valence-electron chi connectivity index (χ1n) is 8.18. The summed E-state index contributed by atoms with van der Waals surface area (Å²) < 4.78 is 5.90. The van der Waals surface area contributed by atoms with Crippen molar-refractivity contribution in [3.05, 3.63) is 30.0 Å². The van der Waals surface area contributed by atoms with Crippen LogP contribution in [0.25, 0.3) is 10.8 Å². The van der Waals surface area contributed by atoms with E-state index in [1.165, 1.54) is 11.1 Å². The van der Waals surface area contributed by atoms with Gasteiger partial charge in [-0.25, -0.2) is 4.98 Å². The van der Waals surface area contributed by atoms with E-state index in [9.17, 15) is 0 Å². The highest BCUT2D eigenvalue weighted by Crippen LogP contribution is 2.31. The molecular formula is C18H25N3O. The summed E-state index contributed by atoms with van der Waals surface area (Å²) in [7, 11) is 0. The highest BCUT2D eigenvalue weighted by atomic mass is 16.5. The second kappa shape index (κ2) is 6.53. The maximum atomic E-state index is 5.90. The van der Waals surface area contributed by atoms with E-state index in [0.29, 0.717) is 6.04 Å². The minimum Gasteiger partial charge on any atom is -0.474 e. The zero-order valence-electron chi connectivity index (χ0n) is 13.6. The van der Waals surface area contributed by atoms with Crippen molar-refractivity contribution in [1.82, 2.24) is 10.3 Å². The minimum atomic E-state index is 0.124. The van der Waals surface area contributed by atoms with Crippen LogP contribution in [0.2, 0.25) is 0 Å². The molecule has 1 aromatic carbocycles. The van der Waals surface area contributed by atoms with Crippen LogP contribution in [-0.4, -0.2) is 30.2 Å². The number of nitrogens with zero attached hydrogens (tertiary/aromatic N) is 1. The molecule has 2 aromatic rings. The van der Waals surface area contributed by atoms with Crippen molar-refractivity contribution in [3.8, 4) is 5.88 Å². The first-order valence-corrected chi connectivity index (χ1v) is 8.18. The molecule has 4 heteroatoms. The largest absolute Gasteiger partial charge is 0.474 e. The molecule has 1 fully saturated rings. The Morgan fingerprint density at radius 1 is 1.23 bits per heavy atom. The third-order valence-corrected chi connectivity index (χ3v) is 4.01. The number of aryl methyl sites for hydroxylation is 1. The predicted molar refractivity (Wildman–Crippen MR) is 91.8 cm³/mol. The lowest BCUT2D eigenvalue weighted by Gasteiger charge is -2.25. The van der Waals surface area contributed by atoms with Crippen molar-refractivity contribution < 1.29 is 4.74 Å². The molecule has 1 aliphatic rings. The number of nitrogens with one attached hydrogen (secondary N) is 2. The number of hydrogen-bond donors (Lipinski definition) is 2. The molecular weight excluding hydrogens is 274 g/mol. The van der Waals surface area contributed by atoms with Gasteiger partial charge >= 0.3 is 0 Å². The molecule has 4 nitrogen and oxygen atoms in total. The Morgan fingerprint density at radius 2 is 2.00 bits per heavy atom. The summed E-state index contributed by atoms with van der Waals surface area (Å²) in [6.45, 7) is 8.27. The molecule has 2 heterocycles. The molecule has 118 valence electrons. The van der Waals surface area contributed by atoms with Crippen molar-refractivity contribution in [2.24, 2.45) is 0 Å². The lowest BCUT2D eigenvalue weighted by Crippen LogP contribution is -2.35. The second-order valence-electron chi connectivity index (χ2n) is 6.30. The summed E-state index contributed by atoms with van der Waals surface area (Å²) in [5.41, 5.74) is 2.17. The van der Waals surface area contributed by atoms with E-state index < -0.39 is 0 Å². The Bertz CT molecular complexity index is 648. The van der Waals surface area contributed by atoms with Gasteiger partial charge < -0.3 is 15.4 Å². The molecule has 1 aliphatic heterocycles. The number of ether oxygens (including phenoxy) is 1. The van der Waals surface area contributed by atoms with Crippen LogP contribution in [0.4, 0.5) is 5.69 Å². The highest BCUT2D eigenvalue weighted by Gasteiger charge is 2.15. The lowest BCUT2D eigenvalue weighted by molar-refractivity contribution is 0.235. The lowest BCUT2D eigenvalue weighted by atomic mass is 10.0. The van der Waals surface area contributed by atoms with Crippen LogP contribution in [0.5, 0.6) is 5.88 Å². The fourth-order valence-corrected chi connectivity index (χ4v) is 2.99. The summed E-state index contributed by atoms with van der Waals surface area (Å²) in [5.74, 6) is 0.735. The molecule has 1 saturated heterocycles. The topological polar surface area (TPSA) is 46.2 Å². The van der Waals surface area contributed by atoms with Gasteiger partial charge in [0.25, 0.3) is 0 Å². The number of rotatable bonds is 4. The Hall–Kier alpha value is -1.81. The maximum Gasteiger partial charge on any atom is 0.221 e. The molecule has 0 spiro atoms. The molecule has 3 rings (SSSR count). The number of benzene rings is 1. The third kappa shape index (κ3) is 3.33. The van der Waals surface area contributed by atoms with Gasteiger partial charge in [0.05, 0.1) is 6.10 Å². The van der Waals surface area contributed by atoms with Crippen molar-refractivity contribution in [1.29, 1.82) is 0 Å². The smallest absolute Gasteiger partial charge is 0.221 e. The molecule has 2 N–H and O–H groups in total. The Kier molecular flexibility index (Phi) is 4.48. The van der Waals surface area contributed by atoms with E-state index in [4.69, 9.17) is 4.74 Å². The van der Waals surface area contributed by atoms with Gasteiger partial charge in [0.2, 0.25) is 5.88 Å². The number of anilines is 1. The van der Waals surface area contributed by atoms with E-state index >= 15 is 0 Å². The minimum absolute atomic E-state index is 0.124. The van der Waals surface area contributed by atoms with Gasteiger partial charge in [-0.15, -0.1) is 0 Å². The number of fused-ring (bicyclic) bond motifs is 1. The third-order valence-electron chi connectivity index (χ3n) is 4.01. The number of pyridine rings is 1. The molecule has 0 aliphatic carbocycles. The predicted octanol–water partition coefficient (Wildman–Crippen LogP) is 3.49. The van der Waals surface area contributed by atoms with Crippen molar-refractivity contribution in [2.45, 2.75) is 45.8 Å². The van der Waals surface area contributed by atoms with Crippen LogP contribution >= 0.6 is 0 Å². The number of aromatic nitrogens is 1. The second-order valence-corrected chi connectivity index (χ2v) is 6.30. The number of hydrogen-bond acceptors (Lipinski definition) is 4. The Labute approximate surface area is 132 Å². The highest BCUT2D eigenvalue weighted by molar-refractivity contribution is 5.97. The van der Waals surface area contributed by atoms with E-state index in [1.54, 1.807) is 0 Å². The van der Waals surface area contributed by atoms with Gasteiger partial charge in [-0.2, -0.15) is 0 Å². The quantitative estimate of drug-likeness (QED) is 0.907. The average molecular weight is 299 g/mol. The van der Waals surface area contributed by atoms with Crippen LogP contribution in [0, 0.1) is 6.92 Å². The van der Waals surface area contributed by atoms with Crippen LogP contribution in [0.15, 0.2) is 24.3 Å². The van der Waals surface area contributed by atoms with Gasteiger partial charge in [-0.05, 0) is 64.9 Å². The van der Waals surface area contributed by atoms with Crippen LogP contribution < -0.4 is 15.4 Å². The SMILES string of the molecule is Cc1cc2c(NC3CCNCC3)cccc2c(OC(C)C)n1. The Balaban J connectivity index is 1.98. The summed E-state index contributed by atoms with van der Waals surface area (Å²) in [4.78, 5) is 4.57. The van der Waals surface area contributed by atoms with Gasteiger partial charge in [0, 0.05) is 28.2 Å².